The van der Waals surface area contributed by atoms with E-state index in [-0.39, 0.29) is 24.6 Å². The summed E-state index contributed by atoms with van der Waals surface area (Å²) >= 11 is 5.81. The molecule has 0 aliphatic heterocycles. The Bertz CT molecular complexity index is 935. The van der Waals surface area contributed by atoms with E-state index in [1.807, 2.05) is 0 Å². The molecule has 0 fully saturated rings. The lowest BCUT2D eigenvalue weighted by Gasteiger charge is -2.04. The molecule has 0 bridgehead atoms. The third kappa shape index (κ3) is 5.08. The zero-order valence-electron chi connectivity index (χ0n) is 14.0. The first-order valence-electron chi connectivity index (χ1n) is 7.93. The lowest BCUT2D eigenvalue weighted by molar-refractivity contribution is -0.385. The van der Waals surface area contributed by atoms with Crippen LogP contribution in [0.2, 0.25) is 5.02 Å². The maximum atomic E-state index is 12.1. The molecule has 0 spiro atoms. The molecule has 3 aromatic rings. The fourth-order valence-corrected chi connectivity index (χ4v) is 2.33. The van der Waals surface area contributed by atoms with Gasteiger partial charge in [-0.2, -0.15) is 5.10 Å². The van der Waals surface area contributed by atoms with Gasteiger partial charge in [0.1, 0.15) is 30.5 Å². The predicted molar refractivity (Wildman–Crippen MR) is 95.7 cm³/mol. The van der Waals surface area contributed by atoms with E-state index in [4.69, 9.17) is 20.8 Å². The van der Waals surface area contributed by atoms with Crippen LogP contribution < -0.4 is 10.1 Å². The topological polar surface area (TPSA) is 112 Å². The van der Waals surface area contributed by atoms with Crippen LogP contribution >= 0.6 is 11.6 Å². The highest BCUT2D eigenvalue weighted by Crippen LogP contribution is 2.17. The van der Waals surface area contributed by atoms with E-state index in [2.05, 4.69) is 10.4 Å². The fraction of sp³-hybridized carbons (Fsp3) is 0.176. The molecule has 0 saturated heterocycles. The minimum Gasteiger partial charge on any atom is -0.486 e. The van der Waals surface area contributed by atoms with Gasteiger partial charge in [-0.3, -0.25) is 19.6 Å². The van der Waals surface area contributed by atoms with Crippen molar-refractivity contribution < 1.29 is 18.9 Å². The molecule has 3 rings (SSSR count). The largest absolute Gasteiger partial charge is 0.486 e. The van der Waals surface area contributed by atoms with Crippen molar-refractivity contribution in [3.05, 3.63) is 75.4 Å². The summed E-state index contributed by atoms with van der Waals surface area (Å²) in [6, 6.07) is 10.1. The highest BCUT2D eigenvalue weighted by Gasteiger charge is 2.12. The second-order valence-electron chi connectivity index (χ2n) is 5.48. The fourth-order valence-electron chi connectivity index (χ4n) is 2.20. The van der Waals surface area contributed by atoms with Crippen LogP contribution in [0, 0.1) is 10.1 Å². The van der Waals surface area contributed by atoms with E-state index in [1.165, 1.54) is 10.9 Å². The van der Waals surface area contributed by atoms with Crippen LogP contribution in [-0.2, 0) is 13.2 Å². The number of carbonyl (C=O) groups is 1. The second-order valence-corrected chi connectivity index (χ2v) is 5.92. The summed E-state index contributed by atoms with van der Waals surface area (Å²) in [5.41, 5.74) is -0.0994. The number of hydrogen-bond donors (Lipinski definition) is 1. The van der Waals surface area contributed by atoms with Gasteiger partial charge in [0.05, 0.1) is 11.5 Å². The number of benzene rings is 1. The van der Waals surface area contributed by atoms with E-state index in [0.29, 0.717) is 23.1 Å². The van der Waals surface area contributed by atoms with Crippen molar-refractivity contribution in [1.29, 1.82) is 0 Å². The first kappa shape index (κ1) is 18.5. The van der Waals surface area contributed by atoms with Gasteiger partial charge < -0.3 is 14.5 Å². The van der Waals surface area contributed by atoms with Crippen molar-refractivity contribution in [3.8, 4) is 5.75 Å². The van der Waals surface area contributed by atoms with Crippen LogP contribution in [0.1, 0.15) is 16.3 Å². The molecule has 1 amide bonds. The molecule has 0 unspecified atom stereocenters. The number of halogens is 1. The van der Waals surface area contributed by atoms with Crippen LogP contribution in [-0.4, -0.2) is 27.2 Å². The Kier molecular flexibility index (Phi) is 5.72. The maximum Gasteiger partial charge on any atom is 0.306 e. The summed E-state index contributed by atoms with van der Waals surface area (Å²) in [5.74, 6) is 0.887. The minimum absolute atomic E-state index is 0.0994. The second kappa shape index (κ2) is 8.37. The van der Waals surface area contributed by atoms with Crippen LogP contribution in [0.25, 0.3) is 0 Å². The Labute approximate surface area is 158 Å². The number of rotatable bonds is 8. The van der Waals surface area contributed by atoms with Gasteiger partial charge in [-0.1, -0.05) is 11.6 Å². The van der Waals surface area contributed by atoms with Gasteiger partial charge >= 0.3 is 5.69 Å². The van der Waals surface area contributed by atoms with Gasteiger partial charge in [0.15, 0.2) is 5.76 Å². The summed E-state index contributed by atoms with van der Waals surface area (Å²) in [6.45, 7) is 0.716. The van der Waals surface area contributed by atoms with Crippen LogP contribution in [0.3, 0.4) is 0 Å². The summed E-state index contributed by atoms with van der Waals surface area (Å²) in [6.07, 6.45) is 2.45. The summed E-state index contributed by atoms with van der Waals surface area (Å²) in [5, 5.41) is 17.7. The highest BCUT2D eigenvalue weighted by molar-refractivity contribution is 6.30. The van der Waals surface area contributed by atoms with Crippen molar-refractivity contribution in [3.63, 3.8) is 0 Å². The highest BCUT2D eigenvalue weighted by atomic mass is 35.5. The van der Waals surface area contributed by atoms with Gasteiger partial charge in [0.2, 0.25) is 0 Å². The normalized spacial score (nSPS) is 10.6. The molecule has 140 valence electrons. The Morgan fingerprint density at radius 3 is 2.78 bits per heavy atom. The van der Waals surface area contributed by atoms with Crippen molar-refractivity contribution in [2.24, 2.45) is 0 Å². The monoisotopic (exact) mass is 390 g/mol. The van der Waals surface area contributed by atoms with Crippen molar-refractivity contribution in [2.45, 2.75) is 13.2 Å². The molecule has 0 aliphatic carbocycles. The number of furan rings is 1. The Morgan fingerprint density at radius 1 is 1.30 bits per heavy atom. The molecular formula is C17H15ClN4O5. The average molecular weight is 391 g/mol. The smallest absolute Gasteiger partial charge is 0.306 e. The first-order chi connectivity index (χ1) is 13.0. The van der Waals surface area contributed by atoms with E-state index in [0.717, 1.165) is 6.20 Å². The quantitative estimate of drug-likeness (QED) is 0.467. The number of nitro groups is 1. The number of nitrogens with one attached hydrogen (secondary N) is 1. The number of hydrogen-bond acceptors (Lipinski definition) is 6. The SMILES string of the molecule is O=C(NCCn1cc([N+](=O)[O-])cn1)c1ccc(COc2ccc(Cl)cc2)o1. The van der Waals surface area contributed by atoms with Crippen LogP contribution in [0.4, 0.5) is 5.69 Å². The van der Waals surface area contributed by atoms with Crippen molar-refractivity contribution in [1.82, 2.24) is 15.1 Å². The maximum absolute atomic E-state index is 12.1. The van der Waals surface area contributed by atoms with E-state index < -0.39 is 10.8 Å². The molecule has 1 N–H and O–H groups in total. The molecular weight excluding hydrogens is 376 g/mol. The Balaban J connectivity index is 1.46. The average Bonchev–Trinajstić information content (AvgIpc) is 3.31. The molecule has 10 heteroatoms. The Hall–Kier alpha value is -3.33. The molecule has 27 heavy (non-hydrogen) atoms. The van der Waals surface area contributed by atoms with Crippen LogP contribution in [0.15, 0.2) is 53.2 Å². The zero-order chi connectivity index (χ0) is 19.2. The molecule has 2 heterocycles. The molecule has 0 radical (unpaired) electrons. The Morgan fingerprint density at radius 2 is 2.07 bits per heavy atom. The molecule has 9 nitrogen and oxygen atoms in total. The predicted octanol–water partition coefficient (Wildman–Crippen LogP) is 3.05. The number of ether oxygens (including phenoxy) is 1. The van der Waals surface area contributed by atoms with Crippen molar-refractivity contribution >= 4 is 23.2 Å². The standard InChI is InChI=1S/C17H15ClN4O5/c18-12-1-3-14(4-2-12)26-11-15-5-6-16(27-15)17(23)19-7-8-21-10-13(9-20-21)22(24)25/h1-6,9-10H,7-8,11H2,(H,19,23). The lowest BCUT2D eigenvalue weighted by atomic mass is 10.3. The molecule has 2 aromatic heterocycles. The zero-order valence-corrected chi connectivity index (χ0v) is 14.8. The number of aromatic nitrogens is 2. The lowest BCUT2D eigenvalue weighted by Crippen LogP contribution is -2.27. The molecule has 0 aliphatic rings. The molecule has 0 atom stereocenters. The number of nitrogens with zero attached hydrogens (tertiary/aromatic N) is 3. The third-order valence-electron chi connectivity index (χ3n) is 3.54. The summed E-state index contributed by atoms with van der Waals surface area (Å²) in [4.78, 5) is 22.1. The molecule has 1 aromatic carbocycles. The van der Waals surface area contributed by atoms with E-state index in [1.54, 1.807) is 36.4 Å². The van der Waals surface area contributed by atoms with E-state index >= 15 is 0 Å². The van der Waals surface area contributed by atoms with Gasteiger partial charge in [0.25, 0.3) is 5.91 Å². The van der Waals surface area contributed by atoms with E-state index in [9.17, 15) is 14.9 Å². The first-order valence-corrected chi connectivity index (χ1v) is 8.31. The minimum atomic E-state index is -0.529. The summed E-state index contributed by atoms with van der Waals surface area (Å²) in [7, 11) is 0. The number of carbonyl (C=O) groups excluding carboxylic acids is 1. The van der Waals surface area contributed by atoms with Gasteiger partial charge in [-0.05, 0) is 36.4 Å². The molecule has 0 saturated carbocycles. The van der Waals surface area contributed by atoms with Gasteiger partial charge in [-0.15, -0.1) is 0 Å². The summed E-state index contributed by atoms with van der Waals surface area (Å²) < 4.78 is 12.4. The van der Waals surface area contributed by atoms with Crippen LogP contribution in [0.5, 0.6) is 5.75 Å². The van der Waals surface area contributed by atoms with Gasteiger partial charge in [0, 0.05) is 11.6 Å². The third-order valence-corrected chi connectivity index (χ3v) is 3.79. The number of amides is 1. The van der Waals surface area contributed by atoms with Crippen molar-refractivity contribution in [2.75, 3.05) is 6.54 Å². The van der Waals surface area contributed by atoms with Gasteiger partial charge in [-0.25, -0.2) is 0 Å².